The summed E-state index contributed by atoms with van der Waals surface area (Å²) in [5, 5.41) is 0.354. The zero-order valence-corrected chi connectivity index (χ0v) is 10.7. The van der Waals surface area contributed by atoms with Crippen molar-refractivity contribution in [1.82, 2.24) is 15.0 Å². The fourth-order valence-electron chi connectivity index (χ4n) is 2.48. The van der Waals surface area contributed by atoms with Gasteiger partial charge in [-0.25, -0.2) is 9.97 Å². The minimum atomic E-state index is 0.150. The molecule has 18 heavy (non-hydrogen) atoms. The van der Waals surface area contributed by atoms with Crippen molar-refractivity contribution in [2.75, 3.05) is 7.11 Å². The van der Waals surface area contributed by atoms with Gasteiger partial charge in [-0.1, -0.05) is 17.7 Å². The summed E-state index contributed by atoms with van der Waals surface area (Å²) < 4.78 is 5.32. The maximum Gasteiger partial charge on any atom is 0.178 e. The molecule has 5 heteroatoms. The molecule has 2 aromatic rings. The molecule has 3 rings (SSSR count). The third kappa shape index (κ3) is 1.73. The molecule has 0 spiro atoms. The second kappa shape index (κ2) is 4.53. The maximum atomic E-state index is 6.04. The molecule has 1 unspecified atom stereocenters. The fraction of sp³-hybridized carbons (Fsp3) is 0.308. The highest BCUT2D eigenvalue weighted by molar-refractivity contribution is 6.30. The predicted molar refractivity (Wildman–Crippen MR) is 68.0 cm³/mol. The van der Waals surface area contributed by atoms with Crippen molar-refractivity contribution in [3.05, 3.63) is 46.8 Å². The third-order valence-corrected chi connectivity index (χ3v) is 3.55. The second-order valence-corrected chi connectivity index (χ2v) is 4.58. The van der Waals surface area contributed by atoms with E-state index in [-0.39, 0.29) is 5.92 Å². The summed E-state index contributed by atoms with van der Waals surface area (Å²) in [4.78, 5) is 12.7. The van der Waals surface area contributed by atoms with Crippen LogP contribution in [0.3, 0.4) is 0 Å². The van der Waals surface area contributed by atoms with Gasteiger partial charge in [0.1, 0.15) is 6.33 Å². The zero-order valence-electron chi connectivity index (χ0n) is 9.93. The Labute approximate surface area is 110 Å². The third-order valence-electron chi connectivity index (χ3n) is 3.28. The van der Waals surface area contributed by atoms with E-state index >= 15 is 0 Å². The minimum Gasteiger partial charge on any atom is -0.492 e. The Bertz CT molecular complexity index is 588. The van der Waals surface area contributed by atoms with Crippen molar-refractivity contribution in [2.24, 2.45) is 0 Å². The quantitative estimate of drug-likeness (QED) is 0.780. The number of aromatic nitrogens is 3. The Kier molecular flexibility index (Phi) is 2.88. The van der Waals surface area contributed by atoms with Gasteiger partial charge in [0, 0.05) is 12.1 Å². The van der Waals surface area contributed by atoms with Crippen molar-refractivity contribution in [2.45, 2.75) is 18.8 Å². The lowest BCUT2D eigenvalue weighted by Crippen LogP contribution is -2.05. The number of hydrogen-bond donors (Lipinski definition) is 0. The molecule has 2 heterocycles. The van der Waals surface area contributed by atoms with Crippen LogP contribution >= 0.6 is 11.6 Å². The number of hydrogen-bond acceptors (Lipinski definition) is 4. The van der Waals surface area contributed by atoms with Crippen LogP contribution in [-0.4, -0.2) is 22.1 Å². The molecule has 0 N–H and O–H groups in total. The molecule has 4 nitrogen and oxygen atoms in total. The van der Waals surface area contributed by atoms with E-state index in [2.05, 4.69) is 21.0 Å². The largest absolute Gasteiger partial charge is 0.492 e. The Balaban J connectivity index is 2.10. The van der Waals surface area contributed by atoms with E-state index in [9.17, 15) is 0 Å². The molecule has 1 aliphatic rings. The van der Waals surface area contributed by atoms with E-state index in [4.69, 9.17) is 16.3 Å². The molecule has 2 aromatic heterocycles. The second-order valence-electron chi connectivity index (χ2n) is 4.22. The van der Waals surface area contributed by atoms with E-state index in [1.54, 1.807) is 7.11 Å². The molecule has 0 amide bonds. The summed E-state index contributed by atoms with van der Waals surface area (Å²) in [7, 11) is 1.59. The molecular formula is C13H12ClN3O. The molecule has 92 valence electrons. The molecule has 0 bridgehead atoms. The van der Waals surface area contributed by atoms with E-state index < -0.39 is 0 Å². The Morgan fingerprint density at radius 3 is 3.00 bits per heavy atom. The van der Waals surface area contributed by atoms with Gasteiger partial charge in [0.05, 0.1) is 18.5 Å². The van der Waals surface area contributed by atoms with E-state index in [0.717, 1.165) is 24.2 Å². The molecule has 0 saturated heterocycles. The van der Waals surface area contributed by atoms with Crippen LogP contribution in [0.25, 0.3) is 0 Å². The molecule has 0 fully saturated rings. The summed E-state index contributed by atoms with van der Waals surface area (Å²) in [5.41, 5.74) is 3.18. The first-order valence-electron chi connectivity index (χ1n) is 5.79. The molecule has 0 saturated carbocycles. The van der Waals surface area contributed by atoms with Crippen LogP contribution in [0.2, 0.25) is 5.15 Å². The Hall–Kier alpha value is -1.68. The fourth-order valence-corrected chi connectivity index (χ4v) is 2.70. The number of ether oxygens (including phenoxy) is 1. The lowest BCUT2D eigenvalue weighted by atomic mass is 10.0. The van der Waals surface area contributed by atoms with Crippen molar-refractivity contribution >= 4 is 11.6 Å². The smallest absolute Gasteiger partial charge is 0.178 e. The molecule has 0 aliphatic heterocycles. The number of methoxy groups -OCH3 is 1. The van der Waals surface area contributed by atoms with Gasteiger partial charge in [-0.3, -0.25) is 4.98 Å². The number of halogens is 1. The standard InChI is InChI=1S/C13H12ClN3O/c1-18-12-11(16-7-17-13(12)14)9-5-4-8-3-2-6-15-10(8)9/h2-3,6-7,9H,4-5H2,1H3. The van der Waals surface area contributed by atoms with Crippen LogP contribution < -0.4 is 4.74 Å². The average Bonchev–Trinajstić information content (AvgIpc) is 2.82. The van der Waals surface area contributed by atoms with E-state index in [1.165, 1.54) is 11.9 Å². The molecule has 0 radical (unpaired) electrons. The Morgan fingerprint density at radius 2 is 2.17 bits per heavy atom. The first-order valence-corrected chi connectivity index (χ1v) is 6.17. The van der Waals surface area contributed by atoms with Gasteiger partial charge in [-0.15, -0.1) is 0 Å². The number of nitrogens with zero attached hydrogens (tertiary/aromatic N) is 3. The van der Waals surface area contributed by atoms with Gasteiger partial charge in [0.15, 0.2) is 10.9 Å². The summed E-state index contributed by atoms with van der Waals surface area (Å²) in [6, 6.07) is 4.07. The Morgan fingerprint density at radius 1 is 1.28 bits per heavy atom. The highest BCUT2D eigenvalue weighted by Gasteiger charge is 2.29. The lowest BCUT2D eigenvalue weighted by Gasteiger charge is -2.14. The average molecular weight is 262 g/mol. The van der Waals surface area contributed by atoms with Gasteiger partial charge in [-0.05, 0) is 24.5 Å². The number of fused-ring (bicyclic) bond motifs is 1. The first-order chi connectivity index (χ1) is 8.81. The minimum absolute atomic E-state index is 0.150. The normalized spacial score (nSPS) is 17.6. The summed E-state index contributed by atoms with van der Waals surface area (Å²) in [6.07, 6.45) is 5.28. The summed E-state index contributed by atoms with van der Waals surface area (Å²) in [5.74, 6) is 0.708. The van der Waals surface area contributed by atoms with Crippen molar-refractivity contribution < 1.29 is 4.74 Å². The molecular weight excluding hydrogens is 250 g/mol. The molecule has 1 atom stereocenters. The predicted octanol–water partition coefficient (Wildman–Crippen LogP) is 2.61. The van der Waals surface area contributed by atoms with Crippen LogP contribution in [0, 0.1) is 0 Å². The number of aryl methyl sites for hydroxylation is 1. The van der Waals surface area contributed by atoms with Gasteiger partial charge in [-0.2, -0.15) is 0 Å². The van der Waals surface area contributed by atoms with Gasteiger partial charge in [0.25, 0.3) is 0 Å². The number of pyridine rings is 1. The number of rotatable bonds is 2. The van der Waals surface area contributed by atoms with Crippen molar-refractivity contribution in [3.63, 3.8) is 0 Å². The highest BCUT2D eigenvalue weighted by atomic mass is 35.5. The topological polar surface area (TPSA) is 47.9 Å². The van der Waals surface area contributed by atoms with E-state index in [1.807, 2.05) is 12.3 Å². The van der Waals surface area contributed by atoms with E-state index in [0.29, 0.717) is 10.9 Å². The first kappa shape index (κ1) is 11.4. The monoisotopic (exact) mass is 261 g/mol. The molecule has 0 aromatic carbocycles. The van der Waals surface area contributed by atoms with Crippen LogP contribution in [0.4, 0.5) is 0 Å². The summed E-state index contributed by atoms with van der Waals surface area (Å²) >= 11 is 6.04. The van der Waals surface area contributed by atoms with Crippen LogP contribution in [0.5, 0.6) is 5.75 Å². The SMILES string of the molecule is COc1c(Cl)ncnc1C1CCc2cccnc21. The zero-order chi connectivity index (χ0) is 12.5. The lowest BCUT2D eigenvalue weighted by molar-refractivity contribution is 0.401. The van der Waals surface area contributed by atoms with Crippen molar-refractivity contribution in [1.29, 1.82) is 0 Å². The maximum absolute atomic E-state index is 6.04. The van der Waals surface area contributed by atoms with Gasteiger partial charge < -0.3 is 4.74 Å². The highest BCUT2D eigenvalue weighted by Crippen LogP contribution is 2.40. The van der Waals surface area contributed by atoms with Gasteiger partial charge in [0.2, 0.25) is 0 Å². The van der Waals surface area contributed by atoms with Crippen LogP contribution in [0.1, 0.15) is 29.3 Å². The molecule has 1 aliphatic carbocycles. The summed E-state index contributed by atoms with van der Waals surface area (Å²) in [6.45, 7) is 0. The van der Waals surface area contributed by atoms with Crippen LogP contribution in [0.15, 0.2) is 24.7 Å². The van der Waals surface area contributed by atoms with Gasteiger partial charge >= 0.3 is 0 Å². The van der Waals surface area contributed by atoms with Crippen LogP contribution in [-0.2, 0) is 6.42 Å². The van der Waals surface area contributed by atoms with Crippen molar-refractivity contribution in [3.8, 4) is 5.75 Å².